The van der Waals surface area contributed by atoms with Gasteiger partial charge in [-0.05, 0) is 28.1 Å². The maximum absolute atomic E-state index is 13.1. The van der Waals surface area contributed by atoms with E-state index >= 15 is 0 Å². The first-order valence-corrected chi connectivity index (χ1v) is 9.28. The van der Waals surface area contributed by atoms with Gasteiger partial charge in [-0.1, -0.05) is 12.1 Å². The Morgan fingerprint density at radius 1 is 1.17 bits per heavy atom. The van der Waals surface area contributed by atoms with Crippen LogP contribution < -0.4 is 19.5 Å². The number of hydrogen-bond donors (Lipinski definition) is 1. The molecule has 1 aromatic heterocycles. The lowest BCUT2D eigenvalue weighted by Crippen LogP contribution is -2.16. The van der Waals surface area contributed by atoms with E-state index in [0.717, 1.165) is 4.47 Å². The van der Waals surface area contributed by atoms with Crippen LogP contribution in [0.1, 0.15) is 10.4 Å². The van der Waals surface area contributed by atoms with E-state index in [0.29, 0.717) is 11.4 Å². The molecule has 1 amide bonds. The summed E-state index contributed by atoms with van der Waals surface area (Å²) in [5.41, 5.74) is 0.200. The van der Waals surface area contributed by atoms with Gasteiger partial charge in [0.05, 0.1) is 48.3 Å². The van der Waals surface area contributed by atoms with Gasteiger partial charge in [-0.3, -0.25) is 14.9 Å². The Hall–Kier alpha value is -3.60. The van der Waals surface area contributed by atoms with Gasteiger partial charge in [-0.15, -0.1) is 0 Å². The summed E-state index contributed by atoms with van der Waals surface area (Å²) in [6.07, 6.45) is 3.32. The number of nitro benzene ring substituents is 1. The number of para-hydroxylation sites is 2. The van der Waals surface area contributed by atoms with Crippen molar-refractivity contribution in [1.29, 1.82) is 0 Å². The van der Waals surface area contributed by atoms with Gasteiger partial charge >= 0.3 is 5.69 Å². The highest BCUT2D eigenvalue weighted by Crippen LogP contribution is 2.46. The fraction of sp³-hybridized carbons (Fsp3) is 0.158. The molecule has 0 unspecified atom stereocenters. The first-order chi connectivity index (χ1) is 14.4. The molecule has 0 saturated carbocycles. The lowest BCUT2D eigenvalue weighted by Gasteiger charge is -2.15. The van der Waals surface area contributed by atoms with Crippen LogP contribution in [0.2, 0.25) is 0 Å². The van der Waals surface area contributed by atoms with E-state index in [1.54, 1.807) is 41.3 Å². The number of aromatic nitrogens is 2. The lowest BCUT2D eigenvalue weighted by molar-refractivity contribution is -0.386. The van der Waals surface area contributed by atoms with Crippen LogP contribution in [-0.2, 0) is 0 Å². The van der Waals surface area contributed by atoms with Gasteiger partial charge in [0.1, 0.15) is 5.56 Å². The van der Waals surface area contributed by atoms with Crippen molar-refractivity contribution in [2.45, 2.75) is 0 Å². The van der Waals surface area contributed by atoms with Crippen molar-refractivity contribution >= 4 is 33.2 Å². The molecule has 11 heteroatoms. The number of benzene rings is 2. The van der Waals surface area contributed by atoms with Gasteiger partial charge in [0, 0.05) is 12.3 Å². The Balaban J connectivity index is 2.10. The van der Waals surface area contributed by atoms with Crippen LogP contribution in [0.4, 0.5) is 11.4 Å². The molecule has 0 aliphatic heterocycles. The molecular formula is C19H17BrN4O6. The molecule has 1 heterocycles. The van der Waals surface area contributed by atoms with E-state index in [2.05, 4.69) is 26.3 Å². The zero-order valence-corrected chi connectivity index (χ0v) is 17.8. The van der Waals surface area contributed by atoms with E-state index in [9.17, 15) is 14.9 Å². The lowest BCUT2D eigenvalue weighted by atomic mass is 10.1. The molecule has 30 heavy (non-hydrogen) atoms. The van der Waals surface area contributed by atoms with Crippen LogP contribution in [-0.4, -0.2) is 41.9 Å². The first-order valence-electron chi connectivity index (χ1n) is 8.49. The molecule has 0 aliphatic rings. The highest BCUT2D eigenvalue weighted by molar-refractivity contribution is 9.10. The molecule has 156 valence electrons. The van der Waals surface area contributed by atoms with E-state index in [1.807, 2.05) is 0 Å². The average Bonchev–Trinajstić information content (AvgIpc) is 3.18. The fourth-order valence-electron chi connectivity index (χ4n) is 2.90. The maximum Gasteiger partial charge on any atom is 0.327 e. The van der Waals surface area contributed by atoms with E-state index in [4.69, 9.17) is 14.2 Å². The van der Waals surface area contributed by atoms with Crippen molar-refractivity contribution < 1.29 is 23.9 Å². The zero-order chi connectivity index (χ0) is 21.8. The second kappa shape index (κ2) is 8.82. The molecule has 1 N–H and O–H groups in total. The number of carbonyl (C=O) groups is 1. The molecule has 10 nitrogen and oxygen atoms in total. The number of hydrogen-bond acceptors (Lipinski definition) is 7. The molecule has 0 aliphatic carbocycles. The number of rotatable bonds is 7. The van der Waals surface area contributed by atoms with Crippen molar-refractivity contribution in [2.75, 3.05) is 26.6 Å². The van der Waals surface area contributed by atoms with Gasteiger partial charge in [-0.25, -0.2) is 4.68 Å². The Morgan fingerprint density at radius 2 is 1.87 bits per heavy atom. The number of nitro groups is 1. The Kier molecular flexibility index (Phi) is 6.21. The van der Waals surface area contributed by atoms with Crippen molar-refractivity contribution in [3.63, 3.8) is 0 Å². The van der Waals surface area contributed by atoms with Crippen LogP contribution in [0.5, 0.6) is 17.2 Å². The molecule has 0 atom stereocenters. The molecule has 3 rings (SSSR count). The van der Waals surface area contributed by atoms with Crippen molar-refractivity contribution in [1.82, 2.24) is 9.78 Å². The minimum atomic E-state index is -0.723. The topological polar surface area (TPSA) is 118 Å². The van der Waals surface area contributed by atoms with Gasteiger partial charge in [-0.2, -0.15) is 5.10 Å². The number of methoxy groups -OCH3 is 3. The van der Waals surface area contributed by atoms with Crippen LogP contribution in [0.3, 0.4) is 0 Å². The Morgan fingerprint density at radius 3 is 2.43 bits per heavy atom. The van der Waals surface area contributed by atoms with Gasteiger partial charge < -0.3 is 19.5 Å². The number of amides is 1. The van der Waals surface area contributed by atoms with E-state index in [1.165, 1.54) is 27.4 Å². The summed E-state index contributed by atoms with van der Waals surface area (Å²) in [6, 6.07) is 8.15. The Bertz CT molecular complexity index is 1110. The van der Waals surface area contributed by atoms with Gasteiger partial charge in [0.2, 0.25) is 11.5 Å². The fourth-order valence-corrected chi connectivity index (χ4v) is 3.18. The van der Waals surface area contributed by atoms with Crippen LogP contribution >= 0.6 is 15.9 Å². The number of nitrogens with zero attached hydrogens (tertiary/aromatic N) is 3. The van der Waals surface area contributed by atoms with Crippen LogP contribution in [0, 0.1) is 10.1 Å². The van der Waals surface area contributed by atoms with E-state index in [-0.39, 0.29) is 22.8 Å². The largest absolute Gasteiger partial charge is 0.493 e. The first kappa shape index (κ1) is 21.1. The van der Waals surface area contributed by atoms with Crippen molar-refractivity contribution in [2.24, 2.45) is 0 Å². The third-order valence-corrected chi connectivity index (χ3v) is 4.59. The average molecular weight is 477 g/mol. The highest BCUT2D eigenvalue weighted by Gasteiger charge is 2.32. The molecule has 0 saturated heterocycles. The molecular weight excluding hydrogens is 460 g/mol. The summed E-state index contributed by atoms with van der Waals surface area (Å²) >= 11 is 3.33. The third kappa shape index (κ3) is 3.92. The monoisotopic (exact) mass is 476 g/mol. The molecule has 0 fully saturated rings. The summed E-state index contributed by atoms with van der Waals surface area (Å²) in [4.78, 5) is 24.1. The van der Waals surface area contributed by atoms with E-state index < -0.39 is 16.5 Å². The molecule has 3 aromatic rings. The minimum absolute atomic E-state index is 0.0186. The van der Waals surface area contributed by atoms with Gasteiger partial charge in [0.15, 0.2) is 5.75 Å². The highest BCUT2D eigenvalue weighted by atomic mass is 79.9. The second-order valence-electron chi connectivity index (χ2n) is 5.87. The molecule has 0 bridgehead atoms. The summed E-state index contributed by atoms with van der Waals surface area (Å²) in [5.74, 6) is -0.796. The van der Waals surface area contributed by atoms with Crippen LogP contribution in [0.25, 0.3) is 5.69 Å². The molecule has 0 radical (unpaired) electrons. The standard InChI is InChI=1S/C19H17BrN4O6/c1-28-15-8-12(16(24(26)27)18(30-3)17(15)29-2)19(25)22-13-6-4-5-7-14(13)23-10-11(20)9-21-23/h4-10H,1-3H3,(H,22,25). The summed E-state index contributed by atoms with van der Waals surface area (Å²) < 4.78 is 17.9. The number of halogens is 1. The second-order valence-corrected chi connectivity index (χ2v) is 6.79. The minimum Gasteiger partial charge on any atom is -0.493 e. The maximum atomic E-state index is 13.1. The number of ether oxygens (including phenoxy) is 3. The quantitative estimate of drug-likeness (QED) is 0.406. The predicted octanol–water partition coefficient (Wildman–Crippen LogP) is 3.82. The third-order valence-electron chi connectivity index (χ3n) is 4.18. The SMILES string of the molecule is COc1cc(C(=O)Nc2ccccc2-n2cc(Br)cn2)c([N+](=O)[O-])c(OC)c1OC. The van der Waals surface area contributed by atoms with Crippen molar-refractivity contribution in [3.8, 4) is 22.9 Å². The smallest absolute Gasteiger partial charge is 0.327 e. The predicted molar refractivity (Wildman–Crippen MR) is 112 cm³/mol. The Labute approximate surface area is 179 Å². The van der Waals surface area contributed by atoms with Crippen LogP contribution in [0.15, 0.2) is 47.2 Å². The summed E-state index contributed by atoms with van der Waals surface area (Å²) in [6.45, 7) is 0. The summed E-state index contributed by atoms with van der Waals surface area (Å²) in [7, 11) is 3.93. The normalized spacial score (nSPS) is 10.4. The molecule has 2 aromatic carbocycles. The number of anilines is 1. The van der Waals surface area contributed by atoms with Crippen molar-refractivity contribution in [3.05, 3.63) is 62.9 Å². The van der Waals surface area contributed by atoms with Gasteiger partial charge in [0.25, 0.3) is 5.91 Å². The number of carbonyl (C=O) groups excluding carboxylic acids is 1. The zero-order valence-electron chi connectivity index (χ0n) is 16.2. The number of nitrogens with one attached hydrogen (secondary N) is 1. The summed E-state index contributed by atoms with van der Waals surface area (Å²) in [5, 5.41) is 18.6. The molecule has 0 spiro atoms.